The van der Waals surface area contributed by atoms with E-state index >= 15 is 0 Å². The maximum absolute atomic E-state index is 11.8. The Morgan fingerprint density at radius 1 is 1.17 bits per heavy atom. The van der Waals surface area contributed by atoms with Crippen LogP contribution in [0, 0.1) is 0 Å². The summed E-state index contributed by atoms with van der Waals surface area (Å²) in [5.41, 5.74) is 1.29. The molecule has 0 saturated carbocycles. The number of carbonyl (C=O) groups is 1. The van der Waals surface area contributed by atoms with Crippen molar-refractivity contribution in [1.82, 2.24) is 25.7 Å². The van der Waals surface area contributed by atoms with Gasteiger partial charge >= 0.3 is 0 Å². The molecule has 1 amide bonds. The van der Waals surface area contributed by atoms with Gasteiger partial charge in [0.2, 0.25) is 0 Å². The standard InChI is InChI=1S/C20H30N6O2.HI/c1-5-21-18(27)16-9-7-15(8-10-16)11-23-19(22-6-2)24-14-20(3,28)17-12-25-26(4)13-17;/h7-10,12-13,28H,5-6,11,14H2,1-4H3,(H,21,27)(H2,22,23,24);1H. The van der Waals surface area contributed by atoms with Crippen LogP contribution in [0.5, 0.6) is 0 Å². The van der Waals surface area contributed by atoms with Crippen molar-refractivity contribution < 1.29 is 9.90 Å². The number of hydrogen-bond acceptors (Lipinski definition) is 4. The lowest BCUT2D eigenvalue weighted by molar-refractivity contribution is 0.0616. The Balaban J connectivity index is 0.00000420. The molecule has 0 aliphatic carbocycles. The van der Waals surface area contributed by atoms with Gasteiger partial charge in [0.05, 0.1) is 19.3 Å². The fraction of sp³-hybridized carbons (Fsp3) is 0.450. The minimum atomic E-state index is -1.07. The molecule has 0 bridgehead atoms. The summed E-state index contributed by atoms with van der Waals surface area (Å²) in [6.45, 7) is 7.67. The first-order valence-electron chi connectivity index (χ1n) is 9.46. The lowest BCUT2D eigenvalue weighted by Gasteiger charge is -2.23. The predicted octanol–water partition coefficient (Wildman–Crippen LogP) is 1.75. The van der Waals surface area contributed by atoms with E-state index in [4.69, 9.17) is 0 Å². The summed E-state index contributed by atoms with van der Waals surface area (Å²) in [6.07, 6.45) is 3.45. The molecule has 0 spiro atoms. The molecule has 0 saturated heterocycles. The molecule has 4 N–H and O–H groups in total. The number of aliphatic hydroxyl groups is 1. The first-order valence-corrected chi connectivity index (χ1v) is 9.46. The summed E-state index contributed by atoms with van der Waals surface area (Å²) >= 11 is 0. The van der Waals surface area contributed by atoms with Crippen LogP contribution >= 0.6 is 24.0 Å². The predicted molar refractivity (Wildman–Crippen MR) is 125 cm³/mol. The maximum atomic E-state index is 11.8. The first kappa shape index (κ1) is 24.9. The van der Waals surface area contributed by atoms with Crippen LogP contribution in [0.1, 0.15) is 42.3 Å². The van der Waals surface area contributed by atoms with Gasteiger partial charge in [0.25, 0.3) is 5.91 Å². The highest BCUT2D eigenvalue weighted by Crippen LogP contribution is 2.18. The molecule has 160 valence electrons. The SMILES string of the molecule is CCNC(=O)c1ccc(CN=C(NCC)NCC(C)(O)c2cnn(C)c2)cc1.I. The van der Waals surface area contributed by atoms with E-state index < -0.39 is 5.60 Å². The molecule has 9 heteroatoms. The van der Waals surface area contributed by atoms with Crippen molar-refractivity contribution in [3.05, 3.63) is 53.3 Å². The third-order valence-electron chi connectivity index (χ3n) is 4.24. The second kappa shape index (κ2) is 11.8. The summed E-state index contributed by atoms with van der Waals surface area (Å²) in [4.78, 5) is 16.4. The average Bonchev–Trinajstić information content (AvgIpc) is 3.12. The summed E-state index contributed by atoms with van der Waals surface area (Å²) in [5, 5.41) is 23.9. The number of amides is 1. The van der Waals surface area contributed by atoms with Crippen LogP contribution in [-0.4, -0.2) is 46.4 Å². The Bertz CT molecular complexity index is 802. The van der Waals surface area contributed by atoms with Crippen molar-refractivity contribution in [3.8, 4) is 0 Å². The lowest BCUT2D eigenvalue weighted by Crippen LogP contribution is -2.44. The molecule has 0 aliphatic rings. The summed E-state index contributed by atoms with van der Waals surface area (Å²) in [7, 11) is 1.82. The molecule has 2 aromatic rings. The quantitative estimate of drug-likeness (QED) is 0.244. The van der Waals surface area contributed by atoms with Crippen LogP contribution in [0.15, 0.2) is 41.7 Å². The van der Waals surface area contributed by atoms with Gasteiger partial charge in [0.15, 0.2) is 5.96 Å². The molecule has 1 unspecified atom stereocenters. The van der Waals surface area contributed by atoms with Gasteiger partial charge in [-0.15, -0.1) is 24.0 Å². The molecule has 1 heterocycles. The lowest BCUT2D eigenvalue weighted by atomic mass is 10.00. The molecule has 0 radical (unpaired) electrons. The van der Waals surface area contributed by atoms with Gasteiger partial charge in [-0.05, 0) is 38.5 Å². The fourth-order valence-electron chi connectivity index (χ4n) is 2.59. The largest absolute Gasteiger partial charge is 0.383 e. The number of rotatable bonds is 8. The number of aliphatic imine (C=N–C) groups is 1. The van der Waals surface area contributed by atoms with Gasteiger partial charge in [-0.25, -0.2) is 4.99 Å². The van der Waals surface area contributed by atoms with E-state index in [0.717, 1.165) is 11.1 Å². The Morgan fingerprint density at radius 3 is 2.38 bits per heavy atom. The molecule has 29 heavy (non-hydrogen) atoms. The van der Waals surface area contributed by atoms with Crippen LogP contribution in [-0.2, 0) is 19.2 Å². The molecule has 0 aliphatic heterocycles. The van der Waals surface area contributed by atoms with Gasteiger partial charge < -0.3 is 21.1 Å². The number of benzene rings is 1. The third-order valence-corrected chi connectivity index (χ3v) is 4.24. The van der Waals surface area contributed by atoms with E-state index in [1.165, 1.54) is 0 Å². The highest BCUT2D eigenvalue weighted by Gasteiger charge is 2.24. The van der Waals surface area contributed by atoms with E-state index in [1.54, 1.807) is 36.1 Å². The number of guanidine groups is 1. The van der Waals surface area contributed by atoms with E-state index in [9.17, 15) is 9.90 Å². The third kappa shape index (κ3) is 7.65. The fourth-order valence-corrected chi connectivity index (χ4v) is 2.59. The number of halogens is 1. The van der Waals surface area contributed by atoms with Crippen LogP contribution in [0.25, 0.3) is 0 Å². The minimum Gasteiger partial charge on any atom is -0.383 e. The minimum absolute atomic E-state index is 0. The van der Waals surface area contributed by atoms with Crippen molar-refractivity contribution in [2.24, 2.45) is 12.0 Å². The van der Waals surface area contributed by atoms with Crippen molar-refractivity contribution in [2.75, 3.05) is 19.6 Å². The van der Waals surface area contributed by atoms with Crippen LogP contribution in [0.4, 0.5) is 0 Å². The highest BCUT2D eigenvalue weighted by atomic mass is 127. The highest BCUT2D eigenvalue weighted by molar-refractivity contribution is 14.0. The van der Waals surface area contributed by atoms with Crippen molar-refractivity contribution >= 4 is 35.8 Å². The van der Waals surface area contributed by atoms with E-state index in [-0.39, 0.29) is 29.9 Å². The van der Waals surface area contributed by atoms with Crippen LogP contribution < -0.4 is 16.0 Å². The summed E-state index contributed by atoms with van der Waals surface area (Å²) in [6, 6.07) is 7.37. The Morgan fingerprint density at radius 2 is 1.83 bits per heavy atom. The molecule has 2 rings (SSSR count). The van der Waals surface area contributed by atoms with Crippen LogP contribution in [0.3, 0.4) is 0 Å². The Labute approximate surface area is 189 Å². The number of aromatic nitrogens is 2. The summed E-state index contributed by atoms with van der Waals surface area (Å²) < 4.78 is 1.66. The van der Waals surface area contributed by atoms with Gasteiger partial charge in [0, 0.05) is 37.5 Å². The molecule has 1 aromatic carbocycles. The van der Waals surface area contributed by atoms with E-state index in [1.807, 2.05) is 33.0 Å². The molecule has 0 fully saturated rings. The zero-order chi connectivity index (χ0) is 20.6. The van der Waals surface area contributed by atoms with Gasteiger partial charge in [-0.1, -0.05) is 12.1 Å². The van der Waals surface area contributed by atoms with Gasteiger partial charge in [-0.2, -0.15) is 5.10 Å². The second-order valence-electron chi connectivity index (χ2n) is 6.78. The summed E-state index contributed by atoms with van der Waals surface area (Å²) in [5.74, 6) is 0.532. The zero-order valence-electron chi connectivity index (χ0n) is 17.4. The van der Waals surface area contributed by atoms with Crippen molar-refractivity contribution in [1.29, 1.82) is 0 Å². The molecule has 8 nitrogen and oxygen atoms in total. The monoisotopic (exact) mass is 514 g/mol. The van der Waals surface area contributed by atoms with E-state index in [0.29, 0.717) is 37.7 Å². The van der Waals surface area contributed by atoms with Crippen molar-refractivity contribution in [2.45, 2.75) is 32.9 Å². The first-order chi connectivity index (χ1) is 13.4. The zero-order valence-corrected chi connectivity index (χ0v) is 19.7. The molecule has 1 atom stereocenters. The molecular weight excluding hydrogens is 483 g/mol. The Kier molecular flexibility index (Phi) is 10.1. The maximum Gasteiger partial charge on any atom is 0.251 e. The van der Waals surface area contributed by atoms with Crippen molar-refractivity contribution in [3.63, 3.8) is 0 Å². The average molecular weight is 514 g/mol. The van der Waals surface area contributed by atoms with Gasteiger partial charge in [-0.3, -0.25) is 9.48 Å². The normalized spacial score (nSPS) is 13.2. The number of carbonyl (C=O) groups excluding carboxylic acids is 1. The van der Waals surface area contributed by atoms with Gasteiger partial charge in [0.1, 0.15) is 5.60 Å². The molecule has 1 aromatic heterocycles. The topological polar surface area (TPSA) is 104 Å². The number of nitrogens with zero attached hydrogens (tertiary/aromatic N) is 3. The van der Waals surface area contributed by atoms with E-state index in [2.05, 4.69) is 26.0 Å². The second-order valence-corrected chi connectivity index (χ2v) is 6.78. The Hall–Kier alpha value is -2.14. The molecular formula is C20H31IN6O2. The number of hydrogen-bond donors (Lipinski definition) is 4. The smallest absolute Gasteiger partial charge is 0.251 e. The van der Waals surface area contributed by atoms with Crippen LogP contribution in [0.2, 0.25) is 0 Å². The number of aryl methyl sites for hydroxylation is 1. The number of nitrogens with one attached hydrogen (secondary N) is 3.